The molecule has 0 fully saturated rings. The molecule has 2 rings (SSSR count). The lowest BCUT2D eigenvalue weighted by Crippen LogP contribution is -2.12. The van der Waals surface area contributed by atoms with Crippen molar-refractivity contribution in [2.75, 3.05) is 6.54 Å². The second kappa shape index (κ2) is 5.15. The van der Waals surface area contributed by atoms with E-state index in [1.807, 2.05) is 0 Å². The number of hydrogen-bond acceptors (Lipinski definition) is 2. The lowest BCUT2D eigenvalue weighted by molar-refractivity contribution is 0.509. The third kappa shape index (κ3) is 2.17. The molecule has 18 heavy (non-hydrogen) atoms. The minimum Gasteiger partial charge on any atom is -0.459 e. The highest BCUT2D eigenvalue weighted by Crippen LogP contribution is 2.35. The average Bonchev–Trinajstić information content (AvgIpc) is 2.72. The highest BCUT2D eigenvalue weighted by Gasteiger charge is 2.19. The fourth-order valence-corrected chi connectivity index (χ4v) is 2.55. The van der Waals surface area contributed by atoms with E-state index in [1.54, 1.807) is 0 Å². The van der Waals surface area contributed by atoms with Crippen LogP contribution in [0.5, 0.6) is 0 Å². The molecule has 1 heterocycles. The fourth-order valence-electron chi connectivity index (χ4n) is 2.55. The largest absolute Gasteiger partial charge is 0.459 e. The van der Waals surface area contributed by atoms with Crippen LogP contribution in [-0.2, 0) is 6.54 Å². The first-order chi connectivity index (χ1) is 8.56. The molecule has 0 saturated heterocycles. The predicted octanol–water partition coefficient (Wildman–Crippen LogP) is 4.28. The predicted molar refractivity (Wildman–Crippen MR) is 77.2 cm³/mol. The molecular formula is C16H23NO. The Bertz CT molecular complexity index is 552. The number of aryl methyl sites for hydroxylation is 2. The Morgan fingerprint density at radius 2 is 1.83 bits per heavy atom. The molecule has 0 radical (unpaired) electrons. The number of furan rings is 1. The second-order valence-electron chi connectivity index (χ2n) is 5.28. The minimum atomic E-state index is 0.486. The molecule has 0 aliphatic rings. The van der Waals surface area contributed by atoms with Gasteiger partial charge in [-0.15, -0.1) is 0 Å². The number of rotatable bonds is 4. The van der Waals surface area contributed by atoms with Gasteiger partial charge in [0, 0.05) is 10.9 Å². The summed E-state index contributed by atoms with van der Waals surface area (Å²) in [4.78, 5) is 0. The summed E-state index contributed by atoms with van der Waals surface area (Å²) >= 11 is 0. The quantitative estimate of drug-likeness (QED) is 0.869. The van der Waals surface area contributed by atoms with Crippen molar-refractivity contribution in [3.63, 3.8) is 0 Å². The summed E-state index contributed by atoms with van der Waals surface area (Å²) in [5, 5.41) is 4.68. The van der Waals surface area contributed by atoms with Gasteiger partial charge in [-0.05, 0) is 37.4 Å². The van der Waals surface area contributed by atoms with Crippen LogP contribution >= 0.6 is 0 Å². The highest BCUT2D eigenvalue weighted by molar-refractivity contribution is 5.88. The standard InChI is InChI=1S/C16H23NO/c1-6-17-9-13-14(10(2)3)15-11(4)7-8-12(5)16(15)18-13/h7-8,10,17H,6,9H2,1-5H3. The average molecular weight is 245 g/mol. The van der Waals surface area contributed by atoms with Gasteiger partial charge in [0.05, 0.1) is 6.54 Å². The minimum absolute atomic E-state index is 0.486. The van der Waals surface area contributed by atoms with Gasteiger partial charge >= 0.3 is 0 Å². The van der Waals surface area contributed by atoms with E-state index in [9.17, 15) is 0 Å². The Balaban J connectivity index is 2.67. The Morgan fingerprint density at radius 3 is 2.44 bits per heavy atom. The fraction of sp³-hybridized carbons (Fsp3) is 0.500. The monoisotopic (exact) mass is 245 g/mol. The van der Waals surface area contributed by atoms with Crippen molar-refractivity contribution in [2.24, 2.45) is 0 Å². The molecule has 0 bridgehead atoms. The Morgan fingerprint density at radius 1 is 1.17 bits per heavy atom. The Kier molecular flexibility index (Phi) is 3.76. The number of benzene rings is 1. The Labute approximate surface area is 109 Å². The molecule has 1 N–H and O–H groups in total. The SMILES string of the molecule is CCNCc1oc2c(C)ccc(C)c2c1C(C)C. The number of nitrogens with one attached hydrogen (secondary N) is 1. The van der Waals surface area contributed by atoms with Gasteiger partial charge < -0.3 is 9.73 Å². The normalized spacial score (nSPS) is 11.7. The molecule has 1 aromatic heterocycles. The summed E-state index contributed by atoms with van der Waals surface area (Å²) < 4.78 is 6.11. The van der Waals surface area contributed by atoms with Crippen molar-refractivity contribution >= 4 is 11.0 Å². The van der Waals surface area contributed by atoms with Crippen LogP contribution in [0.4, 0.5) is 0 Å². The summed E-state index contributed by atoms with van der Waals surface area (Å²) in [7, 11) is 0. The van der Waals surface area contributed by atoms with Crippen molar-refractivity contribution in [1.29, 1.82) is 0 Å². The molecule has 0 aliphatic heterocycles. The summed E-state index contributed by atoms with van der Waals surface area (Å²) in [5.41, 5.74) is 4.96. The lowest BCUT2D eigenvalue weighted by atomic mass is 9.95. The van der Waals surface area contributed by atoms with Crippen LogP contribution in [0.1, 0.15) is 49.1 Å². The first-order valence-corrected chi connectivity index (χ1v) is 6.78. The zero-order valence-electron chi connectivity index (χ0n) is 12.1. The van der Waals surface area contributed by atoms with Crippen LogP contribution in [0.15, 0.2) is 16.5 Å². The van der Waals surface area contributed by atoms with E-state index in [-0.39, 0.29) is 0 Å². The zero-order valence-corrected chi connectivity index (χ0v) is 12.1. The summed E-state index contributed by atoms with van der Waals surface area (Å²) in [6.07, 6.45) is 0. The molecule has 0 amide bonds. The van der Waals surface area contributed by atoms with E-state index in [0.717, 1.165) is 24.4 Å². The smallest absolute Gasteiger partial charge is 0.137 e. The first-order valence-electron chi connectivity index (χ1n) is 6.78. The molecule has 0 unspecified atom stereocenters. The molecule has 0 spiro atoms. The van der Waals surface area contributed by atoms with Crippen LogP contribution in [0.25, 0.3) is 11.0 Å². The van der Waals surface area contributed by atoms with Gasteiger partial charge in [-0.1, -0.05) is 32.9 Å². The maximum absolute atomic E-state index is 6.11. The molecule has 0 aliphatic carbocycles. The summed E-state index contributed by atoms with van der Waals surface area (Å²) in [6, 6.07) is 4.33. The molecule has 1 aromatic carbocycles. The van der Waals surface area contributed by atoms with Crippen LogP contribution in [-0.4, -0.2) is 6.54 Å². The Hall–Kier alpha value is -1.28. The van der Waals surface area contributed by atoms with E-state index in [1.165, 1.54) is 22.1 Å². The van der Waals surface area contributed by atoms with Crippen molar-refractivity contribution in [3.8, 4) is 0 Å². The van der Waals surface area contributed by atoms with E-state index in [0.29, 0.717) is 5.92 Å². The molecule has 2 nitrogen and oxygen atoms in total. The van der Waals surface area contributed by atoms with Gasteiger partial charge in [0.1, 0.15) is 11.3 Å². The number of hydrogen-bond donors (Lipinski definition) is 1. The first kappa shape index (κ1) is 13.2. The number of fused-ring (bicyclic) bond motifs is 1. The molecule has 2 heteroatoms. The van der Waals surface area contributed by atoms with Crippen molar-refractivity contribution < 1.29 is 4.42 Å². The molecule has 0 saturated carbocycles. The third-order valence-electron chi connectivity index (χ3n) is 3.47. The van der Waals surface area contributed by atoms with Crippen molar-refractivity contribution in [1.82, 2.24) is 5.32 Å². The second-order valence-corrected chi connectivity index (χ2v) is 5.28. The lowest BCUT2D eigenvalue weighted by Gasteiger charge is -2.08. The van der Waals surface area contributed by atoms with E-state index >= 15 is 0 Å². The van der Waals surface area contributed by atoms with Gasteiger partial charge in [0.2, 0.25) is 0 Å². The maximum Gasteiger partial charge on any atom is 0.137 e. The van der Waals surface area contributed by atoms with Crippen LogP contribution in [0, 0.1) is 13.8 Å². The van der Waals surface area contributed by atoms with E-state index in [2.05, 4.69) is 52.1 Å². The third-order valence-corrected chi connectivity index (χ3v) is 3.47. The topological polar surface area (TPSA) is 25.2 Å². The van der Waals surface area contributed by atoms with E-state index < -0.39 is 0 Å². The zero-order chi connectivity index (χ0) is 13.3. The van der Waals surface area contributed by atoms with Crippen LogP contribution in [0.3, 0.4) is 0 Å². The van der Waals surface area contributed by atoms with Gasteiger partial charge in [0.25, 0.3) is 0 Å². The van der Waals surface area contributed by atoms with Crippen molar-refractivity contribution in [2.45, 2.75) is 47.1 Å². The van der Waals surface area contributed by atoms with Gasteiger partial charge in [0.15, 0.2) is 0 Å². The van der Waals surface area contributed by atoms with Crippen LogP contribution in [0.2, 0.25) is 0 Å². The molecule has 98 valence electrons. The van der Waals surface area contributed by atoms with Crippen LogP contribution < -0.4 is 5.32 Å². The van der Waals surface area contributed by atoms with Gasteiger partial charge in [-0.2, -0.15) is 0 Å². The van der Waals surface area contributed by atoms with Crippen molar-refractivity contribution in [3.05, 3.63) is 34.6 Å². The highest BCUT2D eigenvalue weighted by atomic mass is 16.3. The molecule has 2 aromatic rings. The molecule has 0 atom stereocenters. The summed E-state index contributed by atoms with van der Waals surface area (Å²) in [6.45, 7) is 12.7. The van der Waals surface area contributed by atoms with Gasteiger partial charge in [-0.25, -0.2) is 0 Å². The summed E-state index contributed by atoms with van der Waals surface area (Å²) in [5.74, 6) is 1.58. The van der Waals surface area contributed by atoms with Gasteiger partial charge in [-0.3, -0.25) is 0 Å². The van der Waals surface area contributed by atoms with E-state index in [4.69, 9.17) is 4.42 Å². The maximum atomic E-state index is 6.11. The molecular weight excluding hydrogens is 222 g/mol.